The van der Waals surface area contributed by atoms with Crippen LogP contribution >= 0.6 is 0 Å². The highest BCUT2D eigenvalue weighted by Gasteiger charge is 2.18. The molecule has 0 aliphatic carbocycles. The van der Waals surface area contributed by atoms with Crippen LogP contribution in [0.15, 0.2) is 27.8 Å². The van der Waals surface area contributed by atoms with E-state index in [0.717, 1.165) is 5.56 Å². The second-order valence-electron chi connectivity index (χ2n) is 5.83. The third-order valence-corrected chi connectivity index (χ3v) is 4.10. The van der Waals surface area contributed by atoms with Gasteiger partial charge in [-0.2, -0.15) is 5.10 Å². The van der Waals surface area contributed by atoms with Gasteiger partial charge in [-0.15, -0.1) is 0 Å². The maximum absolute atomic E-state index is 14.2. The van der Waals surface area contributed by atoms with Gasteiger partial charge < -0.3 is 9.88 Å². The molecule has 0 aliphatic rings. The fraction of sp³-hybridized carbons (Fsp3) is 0.235. The number of hydrogen-bond donors (Lipinski definition) is 2. The van der Waals surface area contributed by atoms with Crippen molar-refractivity contribution in [3.05, 3.63) is 61.5 Å². The van der Waals surface area contributed by atoms with Gasteiger partial charge in [-0.3, -0.25) is 9.59 Å². The molecule has 6 nitrogen and oxygen atoms in total. The van der Waals surface area contributed by atoms with E-state index in [9.17, 15) is 14.0 Å². The number of pyridine rings is 1. The Balaban J connectivity index is 2.38. The first-order chi connectivity index (χ1) is 11.3. The number of aryl methyl sites for hydroxylation is 3. The Morgan fingerprint density at radius 2 is 1.92 bits per heavy atom. The predicted molar refractivity (Wildman–Crippen MR) is 91.5 cm³/mol. The van der Waals surface area contributed by atoms with E-state index >= 15 is 0 Å². The fourth-order valence-corrected chi connectivity index (χ4v) is 2.83. The Morgan fingerprint density at radius 1 is 1.21 bits per heavy atom. The number of benzene rings is 1. The van der Waals surface area contributed by atoms with Crippen LogP contribution in [0, 0.1) is 26.6 Å². The average molecular weight is 328 g/mol. The van der Waals surface area contributed by atoms with Crippen LogP contribution in [-0.4, -0.2) is 14.8 Å². The molecule has 0 radical (unpaired) electrons. The Bertz CT molecular complexity index is 1080. The number of fused-ring (bicyclic) bond motifs is 1. The van der Waals surface area contributed by atoms with Gasteiger partial charge in [-0.1, -0.05) is 6.07 Å². The fourth-order valence-electron chi connectivity index (χ4n) is 2.83. The van der Waals surface area contributed by atoms with Crippen LogP contribution < -0.4 is 16.4 Å². The van der Waals surface area contributed by atoms with Crippen molar-refractivity contribution in [3.63, 3.8) is 0 Å². The molecule has 24 heavy (non-hydrogen) atoms. The summed E-state index contributed by atoms with van der Waals surface area (Å²) in [6, 6.07) is 4.72. The summed E-state index contributed by atoms with van der Waals surface area (Å²) >= 11 is 0. The van der Waals surface area contributed by atoms with Gasteiger partial charge in [0, 0.05) is 12.6 Å². The van der Waals surface area contributed by atoms with E-state index in [1.807, 2.05) is 0 Å². The molecule has 0 saturated heterocycles. The summed E-state index contributed by atoms with van der Waals surface area (Å²) in [4.78, 5) is 24.8. The third kappa shape index (κ3) is 2.38. The molecule has 0 spiro atoms. The average Bonchev–Trinajstić information content (AvgIpc) is 2.53. The molecule has 7 heteroatoms. The highest BCUT2D eigenvalue weighted by molar-refractivity contribution is 5.95. The van der Waals surface area contributed by atoms with Crippen molar-refractivity contribution in [2.45, 2.75) is 20.8 Å². The summed E-state index contributed by atoms with van der Waals surface area (Å²) in [7, 11) is 1.59. The monoisotopic (exact) mass is 328 g/mol. The van der Waals surface area contributed by atoms with Gasteiger partial charge in [0.1, 0.15) is 5.82 Å². The molecule has 0 fully saturated rings. The molecule has 0 atom stereocenters. The number of rotatable bonds is 2. The Kier molecular flexibility index (Phi) is 3.71. The number of halogens is 1. The van der Waals surface area contributed by atoms with Crippen LogP contribution in [0.5, 0.6) is 0 Å². The molecular formula is C17H17FN4O2. The molecule has 0 aliphatic heterocycles. The van der Waals surface area contributed by atoms with Crippen LogP contribution in [0.2, 0.25) is 0 Å². The molecule has 1 aromatic carbocycles. The number of anilines is 2. The van der Waals surface area contributed by atoms with E-state index < -0.39 is 11.4 Å². The van der Waals surface area contributed by atoms with Crippen molar-refractivity contribution >= 4 is 22.3 Å². The van der Waals surface area contributed by atoms with Gasteiger partial charge in [-0.05, 0) is 38.5 Å². The molecule has 2 aromatic heterocycles. The van der Waals surface area contributed by atoms with E-state index in [1.165, 1.54) is 10.6 Å². The zero-order chi connectivity index (χ0) is 17.6. The minimum atomic E-state index is -0.453. The van der Waals surface area contributed by atoms with Crippen molar-refractivity contribution in [2.75, 3.05) is 5.32 Å². The van der Waals surface area contributed by atoms with Gasteiger partial charge >= 0.3 is 0 Å². The van der Waals surface area contributed by atoms with E-state index in [4.69, 9.17) is 0 Å². The Labute approximate surface area is 137 Å². The third-order valence-electron chi connectivity index (χ3n) is 4.10. The van der Waals surface area contributed by atoms with Crippen LogP contribution in [0.3, 0.4) is 0 Å². The zero-order valence-electron chi connectivity index (χ0n) is 13.8. The minimum Gasteiger partial charge on any atom is -0.352 e. The van der Waals surface area contributed by atoms with Gasteiger partial charge in [0.15, 0.2) is 0 Å². The van der Waals surface area contributed by atoms with Crippen LogP contribution in [0.1, 0.15) is 16.8 Å². The molecule has 3 aromatic rings. The lowest BCUT2D eigenvalue weighted by Crippen LogP contribution is -2.26. The van der Waals surface area contributed by atoms with E-state index in [-0.39, 0.29) is 16.6 Å². The number of hydrogen-bond acceptors (Lipinski definition) is 4. The smallest absolute Gasteiger partial charge is 0.275 e. The van der Waals surface area contributed by atoms with E-state index in [0.29, 0.717) is 22.5 Å². The van der Waals surface area contributed by atoms with Crippen LogP contribution in [0.25, 0.3) is 10.9 Å². The number of aromatic nitrogens is 3. The molecule has 0 bridgehead atoms. The number of aromatic amines is 1. The van der Waals surface area contributed by atoms with Crippen molar-refractivity contribution < 1.29 is 4.39 Å². The normalized spacial score (nSPS) is 11.0. The maximum atomic E-state index is 14.2. The molecular weight excluding hydrogens is 311 g/mol. The van der Waals surface area contributed by atoms with Crippen LogP contribution in [-0.2, 0) is 7.05 Å². The SMILES string of the molecule is Cc1ccc(Nc2c(C)c(=O)n(C)c3c(C)n[nH]c(=O)c23)c(F)c1. The minimum absolute atomic E-state index is 0.201. The summed E-state index contributed by atoms with van der Waals surface area (Å²) in [5.74, 6) is -0.453. The lowest BCUT2D eigenvalue weighted by molar-refractivity contribution is 0.630. The largest absolute Gasteiger partial charge is 0.352 e. The first-order valence-electron chi connectivity index (χ1n) is 7.43. The molecule has 0 unspecified atom stereocenters. The summed E-state index contributed by atoms with van der Waals surface area (Å²) in [6.07, 6.45) is 0. The highest BCUT2D eigenvalue weighted by atomic mass is 19.1. The quantitative estimate of drug-likeness (QED) is 0.757. The van der Waals surface area contributed by atoms with Crippen LogP contribution in [0.4, 0.5) is 15.8 Å². The summed E-state index contributed by atoms with van der Waals surface area (Å²) in [6.45, 7) is 5.08. The van der Waals surface area contributed by atoms with Crippen molar-refractivity contribution in [1.82, 2.24) is 14.8 Å². The number of nitrogens with one attached hydrogen (secondary N) is 2. The second-order valence-corrected chi connectivity index (χ2v) is 5.83. The predicted octanol–water partition coefficient (Wildman–Crippen LogP) is 2.43. The molecule has 124 valence electrons. The van der Waals surface area contributed by atoms with Gasteiger partial charge in [0.05, 0.1) is 28.0 Å². The molecule has 2 N–H and O–H groups in total. The van der Waals surface area contributed by atoms with Crippen molar-refractivity contribution in [2.24, 2.45) is 7.05 Å². The zero-order valence-corrected chi connectivity index (χ0v) is 13.8. The van der Waals surface area contributed by atoms with Gasteiger partial charge in [-0.25, -0.2) is 9.49 Å². The highest BCUT2D eigenvalue weighted by Crippen LogP contribution is 2.27. The standard InChI is InChI=1S/C17H17FN4O2/c1-8-5-6-12(11(18)7-8)19-14-9(2)17(24)22(4)15-10(3)20-21-16(23)13(14)15/h5-7,19H,1-4H3,(H,21,23). The summed E-state index contributed by atoms with van der Waals surface area (Å²) in [5, 5.41) is 9.52. The topological polar surface area (TPSA) is 79.8 Å². The van der Waals surface area contributed by atoms with Gasteiger partial charge in [0.25, 0.3) is 11.1 Å². The van der Waals surface area contributed by atoms with E-state index in [2.05, 4.69) is 15.5 Å². The van der Waals surface area contributed by atoms with E-state index in [1.54, 1.807) is 40.0 Å². The van der Waals surface area contributed by atoms with Gasteiger partial charge in [0.2, 0.25) is 0 Å². The first-order valence-corrected chi connectivity index (χ1v) is 7.43. The first kappa shape index (κ1) is 15.9. The number of nitrogens with zero attached hydrogens (tertiary/aromatic N) is 2. The summed E-state index contributed by atoms with van der Waals surface area (Å²) in [5.41, 5.74) is 1.83. The lowest BCUT2D eigenvalue weighted by Gasteiger charge is -2.16. The molecule has 0 saturated carbocycles. The number of H-pyrrole nitrogens is 1. The lowest BCUT2D eigenvalue weighted by atomic mass is 10.1. The second kappa shape index (κ2) is 5.59. The maximum Gasteiger partial charge on any atom is 0.275 e. The molecule has 0 amide bonds. The molecule has 3 rings (SSSR count). The van der Waals surface area contributed by atoms with Crippen molar-refractivity contribution in [1.29, 1.82) is 0 Å². The Morgan fingerprint density at radius 3 is 2.58 bits per heavy atom. The summed E-state index contributed by atoms with van der Waals surface area (Å²) < 4.78 is 15.6. The Hall–Kier alpha value is -2.96. The molecule has 2 heterocycles. The van der Waals surface area contributed by atoms with Crippen molar-refractivity contribution in [3.8, 4) is 0 Å².